The Morgan fingerprint density at radius 1 is 1.17 bits per heavy atom. The molecule has 0 bridgehead atoms. The lowest BCUT2D eigenvalue weighted by molar-refractivity contribution is -0.127. The van der Waals surface area contributed by atoms with Crippen LogP contribution in [0.3, 0.4) is 0 Å². The SMILES string of the molecule is C=CC(=O)N1CCN2c3ncc(-c4cc(-c5cnn(C)c5)cn5ncc(C#N)c45)cc3OC[C@@H]2C1. The van der Waals surface area contributed by atoms with E-state index in [0.29, 0.717) is 43.1 Å². The van der Waals surface area contributed by atoms with Gasteiger partial charge in [0.1, 0.15) is 12.7 Å². The van der Waals surface area contributed by atoms with Crippen molar-refractivity contribution in [2.24, 2.45) is 7.05 Å². The van der Waals surface area contributed by atoms with Gasteiger partial charge in [0.25, 0.3) is 0 Å². The smallest absolute Gasteiger partial charge is 0.246 e. The molecule has 0 unspecified atom stereocenters. The minimum Gasteiger partial charge on any atom is -0.487 e. The molecule has 10 nitrogen and oxygen atoms in total. The number of aromatic nitrogens is 5. The first-order valence-corrected chi connectivity index (χ1v) is 11.3. The monoisotopic (exact) mass is 466 g/mol. The lowest BCUT2D eigenvalue weighted by atomic mass is 10.0. The minimum absolute atomic E-state index is 0.0409. The molecule has 6 rings (SSSR count). The van der Waals surface area contributed by atoms with E-state index in [0.717, 1.165) is 28.1 Å². The first-order chi connectivity index (χ1) is 17.1. The quantitative estimate of drug-likeness (QED) is 0.427. The Labute approximate surface area is 201 Å². The van der Waals surface area contributed by atoms with E-state index in [4.69, 9.17) is 9.72 Å². The Morgan fingerprint density at radius 2 is 2.06 bits per heavy atom. The molecule has 2 aliphatic rings. The topological polar surface area (TPSA) is 105 Å². The van der Waals surface area contributed by atoms with Crippen LogP contribution in [0.5, 0.6) is 5.75 Å². The highest BCUT2D eigenvalue weighted by atomic mass is 16.5. The molecule has 4 aromatic heterocycles. The van der Waals surface area contributed by atoms with Gasteiger partial charge in [-0.05, 0) is 18.2 Å². The number of anilines is 1. The Bertz CT molecular complexity index is 1530. The van der Waals surface area contributed by atoms with Crippen LogP contribution in [0, 0.1) is 11.3 Å². The Morgan fingerprint density at radius 3 is 2.83 bits per heavy atom. The van der Waals surface area contributed by atoms with Crippen molar-refractivity contribution in [3.63, 3.8) is 0 Å². The van der Waals surface area contributed by atoms with Gasteiger partial charge in [-0.25, -0.2) is 9.50 Å². The van der Waals surface area contributed by atoms with E-state index in [-0.39, 0.29) is 11.9 Å². The molecule has 6 heterocycles. The molecule has 0 saturated carbocycles. The molecule has 1 fully saturated rings. The number of carbonyl (C=O) groups is 1. The zero-order chi connectivity index (χ0) is 24.1. The maximum atomic E-state index is 12.1. The molecule has 1 amide bonds. The average molecular weight is 467 g/mol. The summed E-state index contributed by atoms with van der Waals surface area (Å²) in [5, 5.41) is 18.4. The van der Waals surface area contributed by atoms with Crippen LogP contribution in [0.2, 0.25) is 0 Å². The van der Waals surface area contributed by atoms with Crippen LogP contribution in [-0.4, -0.2) is 67.5 Å². The molecule has 1 saturated heterocycles. The second-order valence-electron chi connectivity index (χ2n) is 8.70. The number of pyridine rings is 2. The van der Waals surface area contributed by atoms with Gasteiger partial charge in [-0.15, -0.1) is 0 Å². The van der Waals surface area contributed by atoms with Crippen molar-refractivity contribution in [3.8, 4) is 34.1 Å². The second-order valence-corrected chi connectivity index (χ2v) is 8.70. The number of amides is 1. The van der Waals surface area contributed by atoms with Crippen molar-refractivity contribution in [1.29, 1.82) is 5.26 Å². The van der Waals surface area contributed by atoms with Crippen molar-refractivity contribution in [3.05, 3.63) is 61.3 Å². The summed E-state index contributed by atoms with van der Waals surface area (Å²) in [6.07, 6.45) is 10.4. The fourth-order valence-corrected chi connectivity index (χ4v) is 4.85. The third-order valence-electron chi connectivity index (χ3n) is 6.59. The van der Waals surface area contributed by atoms with Gasteiger partial charge in [0.05, 0.1) is 29.5 Å². The highest BCUT2D eigenvalue weighted by Crippen LogP contribution is 2.39. The van der Waals surface area contributed by atoms with Crippen LogP contribution in [-0.2, 0) is 11.8 Å². The number of hydrogen-bond donors (Lipinski definition) is 0. The Balaban J connectivity index is 1.42. The van der Waals surface area contributed by atoms with Gasteiger partial charge < -0.3 is 14.5 Å². The fraction of sp³-hybridized carbons (Fsp3) is 0.240. The van der Waals surface area contributed by atoms with Gasteiger partial charge in [0.15, 0.2) is 11.6 Å². The van der Waals surface area contributed by atoms with E-state index in [9.17, 15) is 10.1 Å². The molecule has 2 aliphatic heterocycles. The van der Waals surface area contributed by atoms with Crippen LogP contribution < -0.4 is 9.64 Å². The number of nitriles is 1. The molecule has 10 heteroatoms. The summed E-state index contributed by atoms with van der Waals surface area (Å²) in [4.78, 5) is 20.8. The predicted molar refractivity (Wildman–Crippen MR) is 129 cm³/mol. The molecule has 35 heavy (non-hydrogen) atoms. The van der Waals surface area contributed by atoms with Gasteiger partial charge in [-0.1, -0.05) is 6.58 Å². The van der Waals surface area contributed by atoms with Crippen molar-refractivity contribution < 1.29 is 9.53 Å². The summed E-state index contributed by atoms with van der Waals surface area (Å²) >= 11 is 0. The average Bonchev–Trinajstić information content (AvgIpc) is 3.52. The molecule has 0 N–H and O–H groups in total. The maximum absolute atomic E-state index is 12.1. The maximum Gasteiger partial charge on any atom is 0.246 e. The van der Waals surface area contributed by atoms with Crippen molar-refractivity contribution in [2.45, 2.75) is 6.04 Å². The van der Waals surface area contributed by atoms with Crippen molar-refractivity contribution in [1.82, 2.24) is 29.3 Å². The summed E-state index contributed by atoms with van der Waals surface area (Å²) in [5.41, 5.74) is 4.74. The largest absolute Gasteiger partial charge is 0.487 e. The number of fused-ring (bicyclic) bond motifs is 4. The highest BCUT2D eigenvalue weighted by molar-refractivity contribution is 5.89. The predicted octanol–water partition coefficient (Wildman–Crippen LogP) is 2.26. The van der Waals surface area contributed by atoms with Gasteiger partial charge in [-0.2, -0.15) is 15.5 Å². The number of aryl methyl sites for hydroxylation is 1. The number of ether oxygens (including phenoxy) is 1. The molecule has 4 aromatic rings. The minimum atomic E-state index is -0.0645. The number of carbonyl (C=O) groups excluding carboxylic acids is 1. The number of piperazine rings is 1. The summed E-state index contributed by atoms with van der Waals surface area (Å²) in [5.74, 6) is 1.39. The molecule has 0 radical (unpaired) electrons. The zero-order valence-electron chi connectivity index (χ0n) is 19.1. The Kier molecular flexibility index (Phi) is 4.77. The van der Waals surface area contributed by atoms with Crippen molar-refractivity contribution in [2.75, 3.05) is 31.1 Å². The summed E-state index contributed by atoms with van der Waals surface area (Å²) in [7, 11) is 1.87. The Hall–Kier alpha value is -4.65. The van der Waals surface area contributed by atoms with Crippen LogP contribution in [0.25, 0.3) is 27.8 Å². The molecule has 0 aliphatic carbocycles. The first kappa shape index (κ1) is 20.9. The van der Waals surface area contributed by atoms with Gasteiger partial charge in [-0.3, -0.25) is 9.48 Å². The normalized spacial score (nSPS) is 16.9. The molecule has 0 spiro atoms. The molecular weight excluding hydrogens is 444 g/mol. The second kappa shape index (κ2) is 7.99. The third kappa shape index (κ3) is 3.40. The lowest BCUT2D eigenvalue weighted by Gasteiger charge is -2.44. The van der Waals surface area contributed by atoms with Crippen LogP contribution in [0.1, 0.15) is 5.56 Å². The lowest BCUT2D eigenvalue weighted by Crippen LogP contribution is -2.58. The van der Waals surface area contributed by atoms with E-state index < -0.39 is 0 Å². The highest BCUT2D eigenvalue weighted by Gasteiger charge is 2.35. The standard InChI is InChI=1S/C25H22N8O2/c1-3-23(34)31-4-5-32-20(14-31)15-35-22-7-16(9-27-25(22)32)21-6-17(19-11-28-30(2)12-19)13-33-24(21)18(8-26)10-29-33/h3,6-7,9-13,20H,1,4-5,14-15H2,2H3/t20-/m0/s1. The van der Waals surface area contributed by atoms with Crippen molar-refractivity contribution >= 4 is 17.2 Å². The number of nitrogens with zero attached hydrogens (tertiary/aromatic N) is 8. The molecule has 0 aromatic carbocycles. The number of hydrogen-bond acceptors (Lipinski definition) is 7. The van der Waals surface area contributed by atoms with Crippen LogP contribution >= 0.6 is 0 Å². The summed E-state index contributed by atoms with van der Waals surface area (Å²) in [6.45, 7) is 5.91. The van der Waals surface area contributed by atoms with Gasteiger partial charge in [0.2, 0.25) is 5.91 Å². The first-order valence-electron chi connectivity index (χ1n) is 11.3. The van der Waals surface area contributed by atoms with Crippen LogP contribution in [0.4, 0.5) is 5.82 Å². The zero-order valence-corrected chi connectivity index (χ0v) is 19.1. The van der Waals surface area contributed by atoms with Gasteiger partial charge >= 0.3 is 0 Å². The molecular formula is C25H22N8O2. The molecule has 1 atom stereocenters. The summed E-state index contributed by atoms with van der Waals surface area (Å²) < 4.78 is 9.59. The van der Waals surface area contributed by atoms with Crippen LogP contribution in [0.15, 0.2) is 55.8 Å². The van der Waals surface area contributed by atoms with E-state index in [1.807, 2.05) is 37.8 Å². The van der Waals surface area contributed by atoms with E-state index in [2.05, 4.69) is 27.7 Å². The molecule has 174 valence electrons. The third-order valence-corrected chi connectivity index (χ3v) is 6.59. The summed E-state index contributed by atoms with van der Waals surface area (Å²) in [6, 6.07) is 6.28. The van der Waals surface area contributed by atoms with E-state index >= 15 is 0 Å². The number of rotatable bonds is 3. The van der Waals surface area contributed by atoms with E-state index in [1.54, 1.807) is 26.5 Å². The van der Waals surface area contributed by atoms with Gasteiger partial charge in [0, 0.05) is 67.5 Å². The fourth-order valence-electron chi connectivity index (χ4n) is 4.85. The van der Waals surface area contributed by atoms with E-state index in [1.165, 1.54) is 6.08 Å².